The molecule has 0 amide bonds. The van der Waals surface area contributed by atoms with E-state index in [9.17, 15) is 8.78 Å². The predicted molar refractivity (Wildman–Crippen MR) is 63.4 cm³/mol. The molecule has 0 radical (unpaired) electrons. The van der Waals surface area contributed by atoms with Gasteiger partial charge in [0.15, 0.2) is 0 Å². The second kappa shape index (κ2) is 4.81. The molecule has 100 valence electrons. The van der Waals surface area contributed by atoms with E-state index in [0.29, 0.717) is 13.1 Å². The van der Waals surface area contributed by atoms with E-state index in [1.54, 1.807) is 0 Å². The summed E-state index contributed by atoms with van der Waals surface area (Å²) in [5.74, 6) is -2.43. The van der Waals surface area contributed by atoms with Gasteiger partial charge < -0.3 is 9.64 Å². The third-order valence-electron chi connectivity index (χ3n) is 3.83. The highest BCUT2D eigenvalue weighted by Gasteiger charge is 2.45. The van der Waals surface area contributed by atoms with Crippen LogP contribution in [0.1, 0.15) is 39.5 Å². The minimum atomic E-state index is -2.43. The highest BCUT2D eigenvalue weighted by Crippen LogP contribution is 2.47. The zero-order valence-corrected chi connectivity index (χ0v) is 10.8. The lowest BCUT2D eigenvalue weighted by atomic mass is 10.0. The number of rotatable bonds is 5. The van der Waals surface area contributed by atoms with Crippen molar-refractivity contribution in [2.24, 2.45) is 5.41 Å². The lowest BCUT2D eigenvalue weighted by molar-refractivity contribution is -0.0617. The topological polar surface area (TPSA) is 12.5 Å². The molecule has 0 spiro atoms. The highest BCUT2D eigenvalue weighted by atomic mass is 19.3. The van der Waals surface area contributed by atoms with Gasteiger partial charge in [-0.05, 0) is 26.7 Å². The smallest absolute Gasteiger partial charge is 0.250 e. The molecule has 1 aliphatic heterocycles. The fourth-order valence-electron chi connectivity index (χ4n) is 2.38. The lowest BCUT2D eigenvalue weighted by Gasteiger charge is -2.34. The molecule has 2 rings (SSSR count). The van der Waals surface area contributed by atoms with Crippen LogP contribution in [0.2, 0.25) is 0 Å². The van der Waals surface area contributed by atoms with Crippen molar-refractivity contribution in [2.75, 3.05) is 26.2 Å². The maximum atomic E-state index is 13.0. The van der Waals surface area contributed by atoms with Crippen molar-refractivity contribution in [3.63, 3.8) is 0 Å². The number of hydrogen-bond acceptors (Lipinski definition) is 2. The molecule has 0 N–H and O–H groups in total. The van der Waals surface area contributed by atoms with Crippen molar-refractivity contribution < 1.29 is 13.5 Å². The zero-order valence-electron chi connectivity index (χ0n) is 10.8. The number of likely N-dealkylation sites (tertiary alicyclic amines) is 1. The van der Waals surface area contributed by atoms with Crippen LogP contribution >= 0.6 is 0 Å². The minimum absolute atomic E-state index is 0.0219. The Balaban J connectivity index is 1.74. The van der Waals surface area contributed by atoms with Gasteiger partial charge >= 0.3 is 0 Å². The Labute approximate surface area is 102 Å². The summed E-state index contributed by atoms with van der Waals surface area (Å²) in [6, 6.07) is 0. The van der Waals surface area contributed by atoms with Crippen LogP contribution in [0.15, 0.2) is 0 Å². The van der Waals surface area contributed by atoms with Gasteiger partial charge in [0.1, 0.15) is 0 Å². The van der Waals surface area contributed by atoms with Crippen LogP contribution in [0.4, 0.5) is 8.78 Å². The molecule has 0 unspecified atom stereocenters. The van der Waals surface area contributed by atoms with Gasteiger partial charge in [-0.2, -0.15) is 0 Å². The molecule has 1 heterocycles. The molecule has 0 aromatic heterocycles. The van der Waals surface area contributed by atoms with Gasteiger partial charge in [-0.3, -0.25) is 0 Å². The van der Waals surface area contributed by atoms with E-state index in [2.05, 4.69) is 4.90 Å². The van der Waals surface area contributed by atoms with Crippen LogP contribution in [0.5, 0.6) is 0 Å². The Kier molecular flexibility index (Phi) is 3.74. The summed E-state index contributed by atoms with van der Waals surface area (Å²) in [7, 11) is 0. The molecule has 0 atom stereocenters. The Bertz CT molecular complexity index is 254. The van der Waals surface area contributed by atoms with Crippen molar-refractivity contribution in [1.82, 2.24) is 4.90 Å². The van der Waals surface area contributed by atoms with E-state index in [1.807, 2.05) is 13.8 Å². The largest absolute Gasteiger partial charge is 0.378 e. The third kappa shape index (κ3) is 3.88. The molecular weight excluding hydrogens is 224 g/mol. The summed E-state index contributed by atoms with van der Waals surface area (Å²) >= 11 is 0. The number of nitrogens with zero attached hydrogens (tertiary/aromatic N) is 1. The molecule has 1 aliphatic carbocycles. The molecule has 0 aromatic carbocycles. The first kappa shape index (κ1) is 13.2. The number of hydrogen-bond donors (Lipinski definition) is 0. The fourth-order valence-corrected chi connectivity index (χ4v) is 2.38. The van der Waals surface area contributed by atoms with Crippen molar-refractivity contribution in [2.45, 2.75) is 51.6 Å². The Morgan fingerprint density at radius 3 is 2.18 bits per heavy atom. The standard InChI is InChI=1S/C13H23F2NO/c1-11(2)17-10-12(3-4-12)9-16-7-5-13(14,15)6-8-16/h11H,3-10H2,1-2H3. The highest BCUT2D eigenvalue weighted by molar-refractivity contribution is 4.96. The number of ether oxygens (including phenoxy) is 1. The van der Waals surface area contributed by atoms with Crippen LogP contribution in [0.3, 0.4) is 0 Å². The molecule has 0 aromatic rings. The van der Waals surface area contributed by atoms with E-state index in [1.165, 1.54) is 12.8 Å². The molecule has 17 heavy (non-hydrogen) atoms. The number of piperidine rings is 1. The molecular formula is C13H23F2NO. The minimum Gasteiger partial charge on any atom is -0.378 e. The van der Waals surface area contributed by atoms with Gasteiger partial charge in [-0.15, -0.1) is 0 Å². The second-order valence-electron chi connectivity index (χ2n) is 5.99. The average Bonchev–Trinajstić information content (AvgIpc) is 3.00. The van der Waals surface area contributed by atoms with Crippen LogP contribution in [-0.2, 0) is 4.74 Å². The molecule has 2 fully saturated rings. The fraction of sp³-hybridized carbons (Fsp3) is 1.00. The summed E-state index contributed by atoms with van der Waals surface area (Å²) in [5.41, 5.74) is 0.275. The van der Waals surface area contributed by atoms with Crippen molar-refractivity contribution >= 4 is 0 Å². The van der Waals surface area contributed by atoms with E-state index in [0.717, 1.165) is 13.2 Å². The van der Waals surface area contributed by atoms with Crippen molar-refractivity contribution in [3.8, 4) is 0 Å². The first-order valence-corrected chi connectivity index (χ1v) is 6.63. The van der Waals surface area contributed by atoms with Crippen molar-refractivity contribution in [1.29, 1.82) is 0 Å². The Morgan fingerprint density at radius 2 is 1.71 bits per heavy atom. The summed E-state index contributed by atoms with van der Waals surface area (Å²) in [6.45, 7) is 6.88. The lowest BCUT2D eigenvalue weighted by Crippen LogP contribution is -2.42. The maximum Gasteiger partial charge on any atom is 0.250 e. The summed E-state index contributed by atoms with van der Waals surface area (Å²) in [6.07, 6.45) is 2.68. The van der Waals surface area contributed by atoms with Crippen molar-refractivity contribution in [3.05, 3.63) is 0 Å². The predicted octanol–water partition coefficient (Wildman–Crippen LogP) is 2.92. The van der Waals surface area contributed by atoms with Crippen LogP contribution in [0, 0.1) is 5.41 Å². The molecule has 2 aliphatic rings. The van der Waals surface area contributed by atoms with Crippen LogP contribution in [0.25, 0.3) is 0 Å². The first-order valence-electron chi connectivity index (χ1n) is 6.63. The third-order valence-corrected chi connectivity index (χ3v) is 3.83. The summed E-state index contributed by atoms with van der Waals surface area (Å²) < 4.78 is 31.7. The van der Waals surface area contributed by atoms with Gasteiger partial charge in [0.25, 0.3) is 5.92 Å². The van der Waals surface area contributed by atoms with Crippen LogP contribution in [-0.4, -0.2) is 43.2 Å². The van der Waals surface area contributed by atoms with E-state index in [4.69, 9.17) is 4.74 Å². The SMILES string of the molecule is CC(C)OCC1(CN2CCC(F)(F)CC2)CC1. The van der Waals surface area contributed by atoms with Gasteiger partial charge in [0, 0.05) is 37.9 Å². The summed E-state index contributed by atoms with van der Waals surface area (Å²) in [4.78, 5) is 2.19. The van der Waals surface area contributed by atoms with E-state index < -0.39 is 5.92 Å². The van der Waals surface area contributed by atoms with E-state index >= 15 is 0 Å². The zero-order chi connectivity index (χ0) is 12.5. The molecule has 1 saturated heterocycles. The maximum absolute atomic E-state index is 13.0. The normalized spacial score (nSPS) is 27.4. The van der Waals surface area contributed by atoms with Crippen LogP contribution < -0.4 is 0 Å². The Morgan fingerprint density at radius 1 is 1.12 bits per heavy atom. The number of alkyl halides is 2. The monoisotopic (exact) mass is 247 g/mol. The second-order valence-corrected chi connectivity index (χ2v) is 5.99. The Hall–Kier alpha value is -0.220. The molecule has 4 heteroatoms. The quantitative estimate of drug-likeness (QED) is 0.740. The average molecular weight is 247 g/mol. The first-order chi connectivity index (χ1) is 7.91. The molecule has 2 nitrogen and oxygen atoms in total. The van der Waals surface area contributed by atoms with Gasteiger partial charge in [0.05, 0.1) is 12.7 Å². The molecule has 1 saturated carbocycles. The van der Waals surface area contributed by atoms with Gasteiger partial charge in [0.2, 0.25) is 0 Å². The number of halogens is 2. The van der Waals surface area contributed by atoms with Gasteiger partial charge in [-0.25, -0.2) is 8.78 Å². The van der Waals surface area contributed by atoms with Gasteiger partial charge in [-0.1, -0.05) is 0 Å². The molecule has 0 bridgehead atoms. The van der Waals surface area contributed by atoms with E-state index in [-0.39, 0.29) is 24.4 Å². The summed E-state index contributed by atoms with van der Waals surface area (Å²) in [5, 5.41) is 0.